The first-order valence-electron chi connectivity index (χ1n) is 9.08. The van der Waals surface area contributed by atoms with Crippen molar-refractivity contribution in [2.45, 2.75) is 39.0 Å². The van der Waals surface area contributed by atoms with Gasteiger partial charge in [-0.25, -0.2) is 0 Å². The molecule has 0 aliphatic carbocycles. The Morgan fingerprint density at radius 3 is 2.52 bits per heavy atom. The molecule has 0 fully saturated rings. The fraction of sp³-hybridized carbons (Fsp3) is 0.318. The van der Waals surface area contributed by atoms with E-state index in [0.29, 0.717) is 13.0 Å². The van der Waals surface area contributed by atoms with Gasteiger partial charge in [-0.15, -0.1) is 0 Å². The van der Waals surface area contributed by atoms with Crippen LogP contribution in [0.25, 0.3) is 11.0 Å². The van der Waals surface area contributed by atoms with E-state index in [1.807, 2.05) is 25.1 Å². The van der Waals surface area contributed by atoms with E-state index in [9.17, 15) is 4.79 Å². The number of para-hydroxylation sites is 1. The molecule has 3 rings (SSSR count). The summed E-state index contributed by atoms with van der Waals surface area (Å²) in [4.78, 5) is 11.4. The van der Waals surface area contributed by atoms with Gasteiger partial charge in [0.25, 0.3) is 0 Å². The fourth-order valence-electron chi connectivity index (χ4n) is 3.15. The number of benzene rings is 2. The molecule has 1 aromatic heterocycles. The van der Waals surface area contributed by atoms with Gasteiger partial charge in [-0.3, -0.25) is 4.79 Å². The van der Waals surface area contributed by atoms with Crippen molar-refractivity contribution >= 4 is 16.9 Å². The highest BCUT2D eigenvalue weighted by Crippen LogP contribution is 2.28. The van der Waals surface area contributed by atoms with Crippen molar-refractivity contribution < 1.29 is 9.21 Å². The minimum Gasteiger partial charge on any atom is -0.461 e. The number of hydrogen-bond donors (Lipinski definition) is 1. The Hall–Kier alpha value is -2.55. The molecule has 0 radical (unpaired) electrons. The standard InChI is InChI=1S/C22H25NO2/c1-2-22(24)23-16-8-12-19-18-11-6-7-13-20(18)25-21(19)15-14-17-9-4-3-5-10-17/h3-7,9-11,13H,2,8,12,14-16H2,1H3,(H,23,24). The SMILES string of the molecule is CCC(=O)NCCCc1c(CCc2ccccc2)oc2ccccc12. The molecule has 130 valence electrons. The molecule has 25 heavy (non-hydrogen) atoms. The summed E-state index contributed by atoms with van der Waals surface area (Å²) in [5.41, 5.74) is 3.57. The molecule has 0 saturated carbocycles. The van der Waals surface area contributed by atoms with Gasteiger partial charge in [-0.05, 0) is 30.9 Å². The number of nitrogens with one attached hydrogen (secondary N) is 1. The van der Waals surface area contributed by atoms with E-state index < -0.39 is 0 Å². The summed E-state index contributed by atoms with van der Waals surface area (Å²) in [5, 5.41) is 4.15. The van der Waals surface area contributed by atoms with Crippen molar-refractivity contribution in [1.82, 2.24) is 5.32 Å². The second kappa shape index (κ2) is 8.52. The fourth-order valence-corrected chi connectivity index (χ4v) is 3.15. The predicted octanol–water partition coefficient (Wildman–Crippen LogP) is 4.68. The van der Waals surface area contributed by atoms with E-state index in [1.165, 1.54) is 16.5 Å². The maximum Gasteiger partial charge on any atom is 0.219 e. The highest BCUT2D eigenvalue weighted by atomic mass is 16.3. The molecule has 2 aromatic carbocycles. The van der Waals surface area contributed by atoms with Crippen molar-refractivity contribution in [2.24, 2.45) is 0 Å². The van der Waals surface area contributed by atoms with Crippen molar-refractivity contribution in [3.05, 3.63) is 71.5 Å². The van der Waals surface area contributed by atoms with Gasteiger partial charge in [0.2, 0.25) is 5.91 Å². The van der Waals surface area contributed by atoms with Gasteiger partial charge < -0.3 is 9.73 Å². The average molecular weight is 335 g/mol. The lowest BCUT2D eigenvalue weighted by atomic mass is 10.0. The van der Waals surface area contributed by atoms with E-state index in [4.69, 9.17) is 4.42 Å². The Bertz CT molecular complexity index is 820. The van der Waals surface area contributed by atoms with Crippen molar-refractivity contribution in [1.29, 1.82) is 0 Å². The Balaban J connectivity index is 1.71. The number of hydrogen-bond acceptors (Lipinski definition) is 2. The highest BCUT2D eigenvalue weighted by molar-refractivity contribution is 5.82. The third kappa shape index (κ3) is 4.50. The zero-order valence-corrected chi connectivity index (χ0v) is 14.8. The van der Waals surface area contributed by atoms with E-state index in [2.05, 4.69) is 41.7 Å². The first-order valence-corrected chi connectivity index (χ1v) is 9.08. The molecule has 0 spiro atoms. The Labute approximate surface area is 149 Å². The van der Waals surface area contributed by atoms with Crippen LogP contribution in [-0.2, 0) is 24.1 Å². The molecule has 0 aliphatic rings. The Morgan fingerprint density at radius 2 is 1.72 bits per heavy atom. The summed E-state index contributed by atoms with van der Waals surface area (Å²) in [6.45, 7) is 2.59. The Kier molecular flexibility index (Phi) is 5.89. The van der Waals surface area contributed by atoms with E-state index in [1.54, 1.807) is 0 Å². The molecule has 3 heteroatoms. The van der Waals surface area contributed by atoms with Gasteiger partial charge in [0, 0.05) is 30.3 Å². The molecule has 0 unspecified atom stereocenters. The quantitative estimate of drug-likeness (QED) is 0.608. The third-order valence-corrected chi connectivity index (χ3v) is 4.51. The molecule has 0 bridgehead atoms. The van der Waals surface area contributed by atoms with Gasteiger partial charge in [0.15, 0.2) is 0 Å². The van der Waals surface area contributed by atoms with Gasteiger partial charge >= 0.3 is 0 Å². The predicted molar refractivity (Wildman–Crippen MR) is 102 cm³/mol. The number of carbonyl (C=O) groups is 1. The number of fused-ring (bicyclic) bond motifs is 1. The largest absolute Gasteiger partial charge is 0.461 e. The summed E-state index contributed by atoms with van der Waals surface area (Å²) < 4.78 is 6.13. The summed E-state index contributed by atoms with van der Waals surface area (Å²) in [6, 6.07) is 18.7. The normalized spacial score (nSPS) is 10.9. The smallest absolute Gasteiger partial charge is 0.219 e. The first-order chi connectivity index (χ1) is 12.3. The van der Waals surface area contributed by atoms with Crippen LogP contribution in [0, 0.1) is 0 Å². The molecule has 1 amide bonds. The molecule has 0 atom stereocenters. The summed E-state index contributed by atoms with van der Waals surface area (Å²) >= 11 is 0. The molecular formula is C22H25NO2. The molecular weight excluding hydrogens is 310 g/mol. The zero-order chi connectivity index (χ0) is 17.5. The van der Waals surface area contributed by atoms with E-state index in [0.717, 1.165) is 37.0 Å². The topological polar surface area (TPSA) is 42.2 Å². The lowest BCUT2D eigenvalue weighted by Crippen LogP contribution is -2.23. The average Bonchev–Trinajstić information content (AvgIpc) is 3.01. The summed E-state index contributed by atoms with van der Waals surface area (Å²) in [6.07, 6.45) is 4.26. The molecule has 0 aliphatic heterocycles. The number of amides is 1. The van der Waals surface area contributed by atoms with Crippen LogP contribution >= 0.6 is 0 Å². The monoisotopic (exact) mass is 335 g/mol. The van der Waals surface area contributed by atoms with Crippen LogP contribution in [0.3, 0.4) is 0 Å². The molecule has 1 N–H and O–H groups in total. The van der Waals surface area contributed by atoms with Crippen LogP contribution < -0.4 is 5.32 Å². The van der Waals surface area contributed by atoms with E-state index in [-0.39, 0.29) is 5.91 Å². The molecule has 0 saturated heterocycles. The van der Waals surface area contributed by atoms with Crippen molar-refractivity contribution in [2.75, 3.05) is 6.54 Å². The Morgan fingerprint density at radius 1 is 0.960 bits per heavy atom. The maximum atomic E-state index is 11.4. The second-order valence-corrected chi connectivity index (χ2v) is 6.29. The molecule has 3 aromatic rings. The number of furan rings is 1. The van der Waals surface area contributed by atoms with Crippen molar-refractivity contribution in [3.8, 4) is 0 Å². The highest BCUT2D eigenvalue weighted by Gasteiger charge is 2.13. The number of aryl methyl sites for hydroxylation is 3. The van der Waals surface area contributed by atoms with Crippen LogP contribution in [0.4, 0.5) is 0 Å². The first kappa shape index (κ1) is 17.3. The van der Waals surface area contributed by atoms with Crippen LogP contribution in [-0.4, -0.2) is 12.5 Å². The lowest BCUT2D eigenvalue weighted by molar-refractivity contribution is -0.120. The van der Waals surface area contributed by atoms with Crippen LogP contribution in [0.15, 0.2) is 59.0 Å². The van der Waals surface area contributed by atoms with Crippen molar-refractivity contribution in [3.63, 3.8) is 0 Å². The minimum absolute atomic E-state index is 0.112. The second-order valence-electron chi connectivity index (χ2n) is 6.29. The molecule has 1 heterocycles. The van der Waals surface area contributed by atoms with Gasteiger partial charge in [-0.1, -0.05) is 55.5 Å². The number of rotatable bonds is 8. The lowest BCUT2D eigenvalue weighted by Gasteiger charge is -2.05. The van der Waals surface area contributed by atoms with Crippen LogP contribution in [0.1, 0.15) is 36.7 Å². The van der Waals surface area contributed by atoms with Gasteiger partial charge in [-0.2, -0.15) is 0 Å². The van der Waals surface area contributed by atoms with Crippen LogP contribution in [0.2, 0.25) is 0 Å². The van der Waals surface area contributed by atoms with Gasteiger partial charge in [0.1, 0.15) is 11.3 Å². The van der Waals surface area contributed by atoms with Crippen LogP contribution in [0.5, 0.6) is 0 Å². The third-order valence-electron chi connectivity index (χ3n) is 4.51. The zero-order valence-electron chi connectivity index (χ0n) is 14.8. The number of carbonyl (C=O) groups excluding carboxylic acids is 1. The van der Waals surface area contributed by atoms with Gasteiger partial charge in [0.05, 0.1) is 0 Å². The van der Waals surface area contributed by atoms with E-state index >= 15 is 0 Å². The molecule has 3 nitrogen and oxygen atoms in total. The maximum absolute atomic E-state index is 11.4. The summed E-state index contributed by atoms with van der Waals surface area (Å²) in [7, 11) is 0. The minimum atomic E-state index is 0.112. The summed E-state index contributed by atoms with van der Waals surface area (Å²) in [5.74, 6) is 1.19.